The highest BCUT2D eigenvalue weighted by molar-refractivity contribution is 6.24. The number of carboxylic acids is 1. The maximum atomic E-state index is 12.9. The van der Waals surface area contributed by atoms with E-state index in [1.165, 1.54) is 6.07 Å². The van der Waals surface area contributed by atoms with Gasteiger partial charge in [-0.1, -0.05) is 12.1 Å². The number of carboxylic acid groups (broad SMARTS) is 1. The van der Waals surface area contributed by atoms with E-state index in [2.05, 4.69) is 10.6 Å². The van der Waals surface area contributed by atoms with Crippen LogP contribution in [0.3, 0.4) is 0 Å². The minimum absolute atomic E-state index is 0.0476. The minimum atomic E-state index is -5.08. The number of rotatable bonds is 7. The number of nitrogens with two attached hydrogens (primary N) is 1. The molecule has 0 radical (unpaired) electrons. The van der Waals surface area contributed by atoms with Gasteiger partial charge in [-0.3, -0.25) is 34.2 Å². The Morgan fingerprint density at radius 2 is 1.80 bits per heavy atom. The third kappa shape index (κ3) is 6.85. The summed E-state index contributed by atoms with van der Waals surface area (Å²) in [6.45, 7) is 1.04. The van der Waals surface area contributed by atoms with Crippen LogP contribution < -0.4 is 16.4 Å². The lowest BCUT2D eigenvalue weighted by Gasteiger charge is -2.27. The van der Waals surface area contributed by atoms with Crippen molar-refractivity contribution in [2.75, 3.05) is 13.1 Å². The number of imide groups is 2. The van der Waals surface area contributed by atoms with Gasteiger partial charge in [-0.05, 0) is 37.4 Å². The van der Waals surface area contributed by atoms with E-state index in [-0.39, 0.29) is 36.3 Å². The lowest BCUT2D eigenvalue weighted by atomic mass is 10.00. The highest BCUT2D eigenvalue weighted by Crippen LogP contribution is 2.30. The van der Waals surface area contributed by atoms with Crippen LogP contribution in [-0.4, -0.2) is 70.8 Å². The SMILES string of the molecule is NCCCCNC(=O)Cc1cccc2c1C(=O)N(C1CCC(=O)NC1=O)C2=O.O=C(O)C(F)(F)F. The average Bonchev–Trinajstić information content (AvgIpc) is 3.02. The molecule has 2 heterocycles. The van der Waals surface area contributed by atoms with E-state index in [1.807, 2.05) is 0 Å². The van der Waals surface area contributed by atoms with Crippen molar-refractivity contribution in [1.29, 1.82) is 0 Å². The Hall–Kier alpha value is -3.81. The largest absolute Gasteiger partial charge is 0.490 e. The predicted molar refractivity (Wildman–Crippen MR) is 112 cm³/mol. The molecule has 5 N–H and O–H groups in total. The molecule has 14 heteroatoms. The van der Waals surface area contributed by atoms with Crippen molar-refractivity contribution in [1.82, 2.24) is 15.5 Å². The molecular formula is C21H23F3N4O7. The van der Waals surface area contributed by atoms with E-state index in [9.17, 15) is 37.1 Å². The maximum Gasteiger partial charge on any atom is 0.490 e. The fourth-order valence-electron chi connectivity index (χ4n) is 3.46. The molecule has 1 fully saturated rings. The summed E-state index contributed by atoms with van der Waals surface area (Å²) < 4.78 is 31.7. The lowest BCUT2D eigenvalue weighted by Crippen LogP contribution is -2.54. The molecule has 190 valence electrons. The highest BCUT2D eigenvalue weighted by Gasteiger charge is 2.45. The van der Waals surface area contributed by atoms with Gasteiger partial charge in [0.1, 0.15) is 6.04 Å². The second-order valence-electron chi connectivity index (χ2n) is 7.61. The second-order valence-corrected chi connectivity index (χ2v) is 7.61. The van der Waals surface area contributed by atoms with Crippen molar-refractivity contribution in [3.63, 3.8) is 0 Å². The number of hydrogen-bond donors (Lipinski definition) is 4. The first-order chi connectivity index (χ1) is 16.4. The Labute approximate surface area is 196 Å². The third-order valence-electron chi connectivity index (χ3n) is 5.10. The first kappa shape index (κ1) is 27.4. The van der Waals surface area contributed by atoms with Crippen LogP contribution in [0.15, 0.2) is 18.2 Å². The number of hydrogen-bond acceptors (Lipinski definition) is 7. The molecule has 1 aromatic rings. The van der Waals surface area contributed by atoms with Crippen LogP contribution in [0.25, 0.3) is 0 Å². The van der Waals surface area contributed by atoms with Crippen molar-refractivity contribution >= 4 is 35.5 Å². The number of carbonyl (C=O) groups excluding carboxylic acids is 5. The van der Waals surface area contributed by atoms with Crippen molar-refractivity contribution in [3.8, 4) is 0 Å². The van der Waals surface area contributed by atoms with Gasteiger partial charge in [-0.2, -0.15) is 13.2 Å². The van der Waals surface area contributed by atoms with E-state index < -0.39 is 41.8 Å². The molecule has 1 saturated heterocycles. The number of piperidine rings is 1. The number of carbonyl (C=O) groups is 6. The summed E-state index contributed by atoms with van der Waals surface area (Å²) in [5, 5.41) is 12.0. The average molecular weight is 500 g/mol. The summed E-state index contributed by atoms with van der Waals surface area (Å²) in [5.41, 5.74) is 6.17. The lowest BCUT2D eigenvalue weighted by molar-refractivity contribution is -0.192. The maximum absolute atomic E-state index is 12.9. The summed E-state index contributed by atoms with van der Waals surface area (Å²) in [6.07, 6.45) is -3.42. The molecule has 3 rings (SSSR count). The number of nitrogens with zero attached hydrogens (tertiary/aromatic N) is 1. The van der Waals surface area contributed by atoms with Gasteiger partial charge in [0, 0.05) is 13.0 Å². The molecular weight excluding hydrogens is 477 g/mol. The van der Waals surface area contributed by atoms with Crippen LogP contribution in [0, 0.1) is 0 Å². The van der Waals surface area contributed by atoms with Gasteiger partial charge in [-0.25, -0.2) is 4.79 Å². The predicted octanol–water partition coefficient (Wildman–Crippen LogP) is 0.119. The molecule has 1 unspecified atom stereocenters. The third-order valence-corrected chi connectivity index (χ3v) is 5.10. The van der Waals surface area contributed by atoms with Gasteiger partial charge in [0.25, 0.3) is 11.8 Å². The number of fused-ring (bicyclic) bond motifs is 1. The van der Waals surface area contributed by atoms with Gasteiger partial charge >= 0.3 is 12.1 Å². The molecule has 0 saturated carbocycles. The van der Waals surface area contributed by atoms with Crippen LogP contribution in [0.2, 0.25) is 0 Å². The van der Waals surface area contributed by atoms with Gasteiger partial charge in [0.15, 0.2) is 0 Å². The first-order valence-electron chi connectivity index (χ1n) is 10.5. The molecule has 0 bridgehead atoms. The zero-order valence-corrected chi connectivity index (χ0v) is 18.3. The number of unbranched alkanes of at least 4 members (excludes halogenated alkanes) is 1. The Kier molecular flexibility index (Phi) is 9.05. The zero-order chi connectivity index (χ0) is 26.3. The standard InChI is InChI=1S/C19H22N4O5.C2HF3O2/c20-8-1-2-9-21-15(25)10-11-4-3-5-12-16(11)19(28)23(18(12)27)13-6-7-14(24)22-17(13)26;3-2(4,5)1(6)7/h3-5,13H,1-2,6-10,20H2,(H,21,25)(H,22,24,26);(H,6,7). The van der Waals surface area contributed by atoms with Gasteiger partial charge in [0.2, 0.25) is 17.7 Å². The fourth-order valence-corrected chi connectivity index (χ4v) is 3.46. The van der Waals surface area contributed by atoms with Gasteiger partial charge in [-0.15, -0.1) is 0 Å². The van der Waals surface area contributed by atoms with Crippen LogP contribution >= 0.6 is 0 Å². The number of alkyl halides is 3. The molecule has 0 spiro atoms. The summed E-state index contributed by atoms with van der Waals surface area (Å²) in [7, 11) is 0. The van der Waals surface area contributed by atoms with Crippen LogP contribution in [-0.2, 0) is 25.6 Å². The van der Waals surface area contributed by atoms with Crippen molar-refractivity contribution in [3.05, 3.63) is 34.9 Å². The number of aliphatic carboxylic acids is 1. The molecule has 1 atom stereocenters. The highest BCUT2D eigenvalue weighted by atomic mass is 19.4. The number of nitrogens with one attached hydrogen (secondary N) is 2. The molecule has 35 heavy (non-hydrogen) atoms. The number of benzene rings is 1. The summed E-state index contributed by atoms with van der Waals surface area (Å²) in [4.78, 5) is 71.1. The van der Waals surface area contributed by atoms with Crippen LogP contribution in [0.1, 0.15) is 52.0 Å². The Bertz CT molecular complexity index is 1040. The topological polar surface area (TPSA) is 176 Å². The summed E-state index contributed by atoms with van der Waals surface area (Å²) >= 11 is 0. The molecule has 2 aliphatic rings. The van der Waals surface area contributed by atoms with Crippen molar-refractivity contribution < 1.29 is 47.0 Å². The molecule has 11 nitrogen and oxygen atoms in total. The summed E-state index contributed by atoms with van der Waals surface area (Å²) in [5.74, 6) is -5.30. The number of halogens is 3. The Morgan fingerprint density at radius 3 is 2.37 bits per heavy atom. The molecule has 5 amide bonds. The van der Waals surface area contributed by atoms with Gasteiger partial charge in [0.05, 0.1) is 17.5 Å². The molecule has 1 aromatic carbocycles. The van der Waals surface area contributed by atoms with Crippen LogP contribution in [0.4, 0.5) is 13.2 Å². The molecule has 0 aromatic heterocycles. The number of amides is 5. The smallest absolute Gasteiger partial charge is 0.475 e. The van der Waals surface area contributed by atoms with E-state index in [0.29, 0.717) is 18.7 Å². The van der Waals surface area contributed by atoms with Crippen LogP contribution in [0.5, 0.6) is 0 Å². The van der Waals surface area contributed by atoms with E-state index in [4.69, 9.17) is 15.6 Å². The zero-order valence-electron chi connectivity index (χ0n) is 18.3. The minimum Gasteiger partial charge on any atom is -0.475 e. The molecule has 0 aliphatic carbocycles. The quantitative estimate of drug-likeness (QED) is 0.301. The van der Waals surface area contributed by atoms with E-state index in [1.54, 1.807) is 12.1 Å². The van der Waals surface area contributed by atoms with Crippen molar-refractivity contribution in [2.24, 2.45) is 5.73 Å². The second kappa shape index (κ2) is 11.6. The van der Waals surface area contributed by atoms with Gasteiger partial charge < -0.3 is 16.2 Å². The fraction of sp³-hybridized carbons (Fsp3) is 0.429. The first-order valence-corrected chi connectivity index (χ1v) is 10.5. The normalized spacial score (nSPS) is 17.4. The van der Waals surface area contributed by atoms with E-state index >= 15 is 0 Å². The Morgan fingerprint density at radius 1 is 1.14 bits per heavy atom. The van der Waals surface area contributed by atoms with Crippen molar-refractivity contribution in [2.45, 2.75) is 44.3 Å². The van der Waals surface area contributed by atoms with E-state index in [0.717, 1.165) is 17.7 Å². The Balaban J connectivity index is 0.000000540. The summed E-state index contributed by atoms with van der Waals surface area (Å²) in [6, 6.07) is 3.71. The molecule has 2 aliphatic heterocycles. The monoisotopic (exact) mass is 500 g/mol.